The highest BCUT2D eigenvalue weighted by Gasteiger charge is 2.65. The van der Waals surface area contributed by atoms with E-state index in [-0.39, 0.29) is 29.1 Å². The highest BCUT2D eigenvalue weighted by molar-refractivity contribution is 8.15. The van der Waals surface area contributed by atoms with Crippen molar-refractivity contribution in [1.82, 2.24) is 10.2 Å². The van der Waals surface area contributed by atoms with E-state index in [1.807, 2.05) is 0 Å². The van der Waals surface area contributed by atoms with Gasteiger partial charge in [0.15, 0.2) is 5.17 Å². The van der Waals surface area contributed by atoms with Gasteiger partial charge in [-0.3, -0.25) is 9.59 Å². The first-order valence-corrected chi connectivity index (χ1v) is 9.02. The fourth-order valence-corrected chi connectivity index (χ4v) is 4.34. The topological polar surface area (TPSA) is 71.0 Å². The van der Waals surface area contributed by atoms with E-state index in [1.165, 1.54) is 11.8 Å². The van der Waals surface area contributed by atoms with Crippen LogP contribution in [0.4, 0.5) is 0 Å². The lowest BCUT2D eigenvalue weighted by molar-refractivity contribution is -0.136. The van der Waals surface area contributed by atoms with Crippen molar-refractivity contribution in [3.63, 3.8) is 0 Å². The number of nitrogens with one attached hydrogen (secondary N) is 1. The number of amidine groups is 1. The summed E-state index contributed by atoms with van der Waals surface area (Å²) >= 11 is 1.39. The molecule has 6 nitrogen and oxygen atoms in total. The van der Waals surface area contributed by atoms with E-state index in [4.69, 9.17) is 4.74 Å². The number of morpholine rings is 1. The summed E-state index contributed by atoms with van der Waals surface area (Å²) in [5, 5.41) is 3.67. The maximum absolute atomic E-state index is 12.3. The van der Waals surface area contributed by atoms with Gasteiger partial charge in [0.05, 0.1) is 13.2 Å². The van der Waals surface area contributed by atoms with Gasteiger partial charge in [0.25, 0.3) is 5.91 Å². The van der Waals surface area contributed by atoms with Gasteiger partial charge in [0, 0.05) is 25.6 Å². The lowest BCUT2D eigenvalue weighted by Crippen LogP contribution is -2.42. The van der Waals surface area contributed by atoms with Gasteiger partial charge >= 0.3 is 0 Å². The Morgan fingerprint density at radius 1 is 1.30 bits per heavy atom. The molecule has 0 radical (unpaired) electrons. The highest BCUT2D eigenvalue weighted by atomic mass is 32.2. The third-order valence-electron chi connectivity index (χ3n) is 5.75. The van der Waals surface area contributed by atoms with E-state index in [9.17, 15) is 9.59 Å². The molecule has 3 aliphatic rings. The number of carbonyl (C=O) groups is 2. The third-order valence-corrected chi connectivity index (χ3v) is 6.84. The molecule has 3 rings (SSSR count). The van der Waals surface area contributed by atoms with Crippen LogP contribution >= 0.6 is 11.8 Å². The predicted molar refractivity (Wildman–Crippen MR) is 90.3 cm³/mol. The summed E-state index contributed by atoms with van der Waals surface area (Å²) in [6, 6.07) is 0.308. The molecule has 7 heteroatoms. The lowest BCUT2D eigenvalue weighted by Gasteiger charge is -2.27. The molecule has 0 aromatic carbocycles. The molecule has 0 spiro atoms. The molecule has 1 saturated heterocycles. The molecule has 2 amide bonds. The summed E-state index contributed by atoms with van der Waals surface area (Å²) in [4.78, 5) is 30.3. The predicted octanol–water partition coefficient (Wildman–Crippen LogP) is 1.26. The Bertz CT molecular complexity index is 539. The minimum atomic E-state index is -0.391. The Labute approximate surface area is 141 Å². The van der Waals surface area contributed by atoms with Crippen LogP contribution in [-0.2, 0) is 14.3 Å². The molecule has 2 heterocycles. The Hall–Kier alpha value is -1.08. The average Bonchev–Trinajstić information content (AvgIpc) is 2.76. The third kappa shape index (κ3) is 3.01. The standard InChI is InChI=1S/C16H25N3O3S/c1-15(2)13(16(15,3)4)18-14-17-12(21)10(23-14)9-11(20)19-5-7-22-8-6-19/h10,13H,5-9H2,1-4H3,(H,17,18,21). The Balaban J connectivity index is 1.53. The minimum Gasteiger partial charge on any atom is -0.378 e. The number of amides is 2. The average molecular weight is 339 g/mol. The van der Waals surface area contributed by atoms with Gasteiger partial charge in [0.2, 0.25) is 5.91 Å². The summed E-state index contributed by atoms with van der Waals surface area (Å²) in [5.41, 5.74) is 0.363. The lowest BCUT2D eigenvalue weighted by atomic mass is 10.0. The maximum Gasteiger partial charge on any atom is 0.262 e. The van der Waals surface area contributed by atoms with E-state index in [0.717, 1.165) is 0 Å². The summed E-state index contributed by atoms with van der Waals surface area (Å²) in [7, 11) is 0. The summed E-state index contributed by atoms with van der Waals surface area (Å²) in [6.07, 6.45) is 0.218. The van der Waals surface area contributed by atoms with Crippen molar-refractivity contribution in [2.75, 3.05) is 26.3 Å². The van der Waals surface area contributed by atoms with E-state index in [0.29, 0.717) is 37.5 Å². The zero-order chi connectivity index (χ0) is 16.8. The molecular weight excluding hydrogens is 314 g/mol. The molecule has 1 saturated carbocycles. The summed E-state index contributed by atoms with van der Waals surface area (Å²) in [6.45, 7) is 11.2. The second-order valence-corrected chi connectivity index (χ2v) is 8.77. The van der Waals surface area contributed by atoms with Gasteiger partial charge < -0.3 is 15.0 Å². The zero-order valence-electron chi connectivity index (χ0n) is 14.2. The Morgan fingerprint density at radius 2 is 1.91 bits per heavy atom. The van der Waals surface area contributed by atoms with Crippen LogP contribution in [0.5, 0.6) is 0 Å². The van der Waals surface area contributed by atoms with Crippen molar-refractivity contribution in [3.05, 3.63) is 0 Å². The van der Waals surface area contributed by atoms with Crippen LogP contribution in [0, 0.1) is 10.8 Å². The highest BCUT2D eigenvalue weighted by Crippen LogP contribution is 2.62. The normalized spacial score (nSPS) is 29.4. The van der Waals surface area contributed by atoms with Gasteiger partial charge in [-0.1, -0.05) is 39.5 Å². The quantitative estimate of drug-likeness (QED) is 0.838. The summed E-state index contributed by atoms with van der Waals surface area (Å²) in [5.74, 6) is -0.182. The number of carbonyl (C=O) groups excluding carboxylic acids is 2. The van der Waals surface area contributed by atoms with Crippen LogP contribution < -0.4 is 5.32 Å². The van der Waals surface area contributed by atoms with E-state index < -0.39 is 5.25 Å². The SMILES string of the molecule is CC1(C)C(NC2=NC(=O)C(CC(=O)N3CCOCC3)S2)C1(C)C. The molecule has 23 heavy (non-hydrogen) atoms. The van der Waals surface area contributed by atoms with Gasteiger partial charge in [-0.25, -0.2) is 0 Å². The van der Waals surface area contributed by atoms with Gasteiger partial charge in [-0.2, -0.15) is 4.99 Å². The number of hydrogen-bond acceptors (Lipinski definition) is 5. The molecule has 1 unspecified atom stereocenters. The smallest absolute Gasteiger partial charge is 0.262 e. The number of thioether (sulfide) groups is 1. The van der Waals surface area contributed by atoms with Crippen molar-refractivity contribution in [2.24, 2.45) is 15.8 Å². The monoisotopic (exact) mass is 339 g/mol. The molecule has 0 aromatic heterocycles. The molecule has 1 aliphatic carbocycles. The molecule has 1 atom stereocenters. The van der Waals surface area contributed by atoms with Crippen molar-refractivity contribution in [3.8, 4) is 0 Å². The fraction of sp³-hybridized carbons (Fsp3) is 0.812. The zero-order valence-corrected chi connectivity index (χ0v) is 15.0. The molecule has 0 bridgehead atoms. The summed E-state index contributed by atoms with van der Waals surface area (Å²) < 4.78 is 5.25. The number of hydrogen-bond donors (Lipinski definition) is 1. The van der Waals surface area contributed by atoms with Crippen LogP contribution in [0.25, 0.3) is 0 Å². The van der Waals surface area contributed by atoms with Crippen molar-refractivity contribution in [2.45, 2.75) is 45.4 Å². The van der Waals surface area contributed by atoms with Crippen LogP contribution in [0.3, 0.4) is 0 Å². The first-order chi connectivity index (χ1) is 10.7. The first-order valence-electron chi connectivity index (χ1n) is 8.15. The first kappa shape index (κ1) is 16.8. The van der Waals surface area contributed by atoms with Gasteiger partial charge in [-0.15, -0.1) is 0 Å². The molecular formula is C16H25N3O3S. The van der Waals surface area contributed by atoms with Crippen molar-refractivity contribution >= 4 is 28.7 Å². The fourth-order valence-electron chi connectivity index (χ4n) is 3.36. The van der Waals surface area contributed by atoms with Gasteiger partial charge in [-0.05, 0) is 10.8 Å². The molecule has 2 aliphatic heterocycles. The molecule has 1 N–H and O–H groups in total. The van der Waals surface area contributed by atoms with Crippen LogP contribution in [0.15, 0.2) is 4.99 Å². The second kappa shape index (κ2) is 5.77. The Morgan fingerprint density at radius 3 is 2.48 bits per heavy atom. The van der Waals surface area contributed by atoms with Crippen LogP contribution in [0.1, 0.15) is 34.1 Å². The van der Waals surface area contributed by atoms with E-state index in [1.54, 1.807) is 4.90 Å². The molecule has 0 aromatic rings. The van der Waals surface area contributed by atoms with Crippen LogP contribution in [-0.4, -0.2) is 59.5 Å². The van der Waals surface area contributed by atoms with Crippen molar-refractivity contribution in [1.29, 1.82) is 0 Å². The molecule has 2 fully saturated rings. The number of nitrogens with zero attached hydrogens (tertiary/aromatic N) is 2. The molecule has 128 valence electrons. The largest absolute Gasteiger partial charge is 0.378 e. The van der Waals surface area contributed by atoms with E-state index in [2.05, 4.69) is 38.0 Å². The second-order valence-electron chi connectivity index (χ2n) is 7.58. The van der Waals surface area contributed by atoms with Gasteiger partial charge in [0.1, 0.15) is 5.25 Å². The number of aliphatic imine (C=N–C) groups is 1. The van der Waals surface area contributed by atoms with Crippen molar-refractivity contribution < 1.29 is 14.3 Å². The number of rotatable bonds is 3. The number of ether oxygens (including phenoxy) is 1. The Kier molecular flexibility index (Phi) is 4.21. The maximum atomic E-state index is 12.3. The van der Waals surface area contributed by atoms with Crippen LogP contribution in [0.2, 0.25) is 0 Å². The minimum absolute atomic E-state index is 0.0164. The van der Waals surface area contributed by atoms with E-state index >= 15 is 0 Å².